The lowest BCUT2D eigenvalue weighted by Crippen LogP contribution is -2.31. The molecule has 1 aliphatic rings. The van der Waals surface area contributed by atoms with Gasteiger partial charge in [-0.25, -0.2) is 0 Å². The van der Waals surface area contributed by atoms with E-state index >= 15 is 0 Å². The average Bonchev–Trinajstić information content (AvgIpc) is 3.51. The molecule has 55 heavy (non-hydrogen) atoms. The van der Waals surface area contributed by atoms with Gasteiger partial charge in [-0.3, -0.25) is 0 Å². The summed E-state index contributed by atoms with van der Waals surface area (Å²) in [4.78, 5) is 0. The van der Waals surface area contributed by atoms with Crippen LogP contribution in [-0.2, 0) is 5.41 Å². The Morgan fingerprint density at radius 2 is 0.745 bits per heavy atom. The maximum absolute atomic E-state index is 6.89. The van der Waals surface area contributed by atoms with E-state index in [9.17, 15) is 0 Å². The van der Waals surface area contributed by atoms with Crippen molar-refractivity contribution >= 4 is 0 Å². The van der Waals surface area contributed by atoms with Crippen LogP contribution in [0.15, 0.2) is 86.3 Å². The van der Waals surface area contributed by atoms with Gasteiger partial charge >= 0.3 is 0 Å². The van der Waals surface area contributed by atoms with Crippen molar-refractivity contribution in [2.24, 2.45) is 0 Å². The Hall–Kier alpha value is -5.24. The molecule has 0 unspecified atom stereocenters. The molecule has 0 radical (unpaired) electrons. The van der Waals surface area contributed by atoms with Gasteiger partial charge in [0.2, 0.25) is 23.0 Å². The van der Waals surface area contributed by atoms with Crippen LogP contribution in [-0.4, -0.2) is 39.6 Å². The molecule has 8 nitrogen and oxygen atoms in total. The van der Waals surface area contributed by atoms with Gasteiger partial charge in [0.25, 0.3) is 0 Å². The van der Waals surface area contributed by atoms with E-state index in [4.69, 9.17) is 37.9 Å². The van der Waals surface area contributed by atoms with Crippen molar-refractivity contribution in [3.05, 3.63) is 109 Å². The Morgan fingerprint density at radius 1 is 0.418 bits per heavy atom. The van der Waals surface area contributed by atoms with Gasteiger partial charge in [0.1, 0.15) is 0 Å². The predicted molar refractivity (Wildman–Crippen MR) is 220 cm³/mol. The van der Waals surface area contributed by atoms with Crippen LogP contribution in [0.4, 0.5) is 0 Å². The summed E-state index contributed by atoms with van der Waals surface area (Å²) >= 11 is 0. The first kappa shape index (κ1) is 40.9. The fourth-order valence-corrected chi connectivity index (χ4v) is 7.11. The second kappa shape index (κ2) is 19.9. The van der Waals surface area contributed by atoms with Gasteiger partial charge in [-0.1, -0.05) is 103 Å². The molecule has 4 aromatic rings. The molecule has 0 saturated heterocycles. The smallest absolute Gasteiger partial charge is 0.214 e. The van der Waals surface area contributed by atoms with E-state index in [0.29, 0.717) is 85.6 Å². The SMILES string of the molecule is C=COc1c(OCCC)cc(C2(c3cc(OCCC)c(OC=C)c(OCCC)c3OCCC)c3ccccc3-c3ccccc32)c(OCCC)c1OCCC. The minimum Gasteiger partial charge on any atom is -0.490 e. The summed E-state index contributed by atoms with van der Waals surface area (Å²) in [7, 11) is 0. The topological polar surface area (TPSA) is 73.8 Å². The predicted octanol–water partition coefficient (Wildman–Crippen LogP) is 11.8. The minimum atomic E-state index is -1.08. The third-order valence-electron chi connectivity index (χ3n) is 9.20. The van der Waals surface area contributed by atoms with E-state index in [1.54, 1.807) is 0 Å². The molecular formula is C47H58O8. The molecule has 0 saturated carbocycles. The molecule has 0 fully saturated rings. The second-order valence-corrected chi connectivity index (χ2v) is 13.3. The van der Waals surface area contributed by atoms with E-state index in [-0.39, 0.29) is 0 Å². The van der Waals surface area contributed by atoms with E-state index in [1.165, 1.54) is 12.5 Å². The molecule has 8 heteroatoms. The zero-order valence-corrected chi connectivity index (χ0v) is 33.6. The largest absolute Gasteiger partial charge is 0.490 e. The Balaban J connectivity index is 2.11. The highest BCUT2D eigenvalue weighted by molar-refractivity contribution is 5.89. The molecule has 0 aliphatic heterocycles. The molecule has 1 aliphatic carbocycles. The fraction of sp³-hybridized carbons (Fsp3) is 0.404. The lowest BCUT2D eigenvalue weighted by Gasteiger charge is -2.38. The number of rotatable bonds is 24. The van der Waals surface area contributed by atoms with Crippen molar-refractivity contribution in [1.29, 1.82) is 0 Å². The first-order valence-electron chi connectivity index (χ1n) is 20.0. The van der Waals surface area contributed by atoms with Crippen molar-refractivity contribution in [1.82, 2.24) is 0 Å². The molecule has 0 spiro atoms. The van der Waals surface area contributed by atoms with E-state index in [2.05, 4.69) is 103 Å². The summed E-state index contributed by atoms with van der Waals surface area (Å²) in [5, 5.41) is 0. The number of hydrogen-bond donors (Lipinski definition) is 0. The third kappa shape index (κ3) is 8.10. The zero-order chi connectivity index (χ0) is 39.2. The third-order valence-corrected chi connectivity index (χ3v) is 9.20. The summed E-state index contributed by atoms with van der Waals surface area (Å²) in [5.74, 6) is 3.85. The maximum atomic E-state index is 6.89. The molecule has 4 aromatic carbocycles. The number of ether oxygens (including phenoxy) is 8. The first-order valence-corrected chi connectivity index (χ1v) is 20.0. The van der Waals surface area contributed by atoms with E-state index in [0.717, 1.165) is 71.9 Å². The molecule has 0 heterocycles. The molecule has 0 aromatic heterocycles. The van der Waals surface area contributed by atoms with Gasteiger partial charge in [0.15, 0.2) is 23.0 Å². The monoisotopic (exact) mass is 750 g/mol. The van der Waals surface area contributed by atoms with Crippen LogP contribution < -0.4 is 37.9 Å². The van der Waals surface area contributed by atoms with Crippen molar-refractivity contribution in [2.45, 2.75) is 85.5 Å². The Morgan fingerprint density at radius 3 is 1.09 bits per heavy atom. The van der Waals surface area contributed by atoms with Crippen LogP contribution in [0.25, 0.3) is 11.1 Å². The Kier molecular flexibility index (Phi) is 14.8. The quantitative estimate of drug-likeness (QED) is 0.0577. The molecule has 0 N–H and O–H groups in total. The zero-order valence-electron chi connectivity index (χ0n) is 33.6. The Labute approximate surface area is 328 Å². The van der Waals surface area contributed by atoms with Crippen LogP contribution in [0.1, 0.15) is 102 Å². The highest BCUT2D eigenvalue weighted by atomic mass is 16.6. The lowest BCUT2D eigenvalue weighted by atomic mass is 9.66. The van der Waals surface area contributed by atoms with E-state index < -0.39 is 5.41 Å². The lowest BCUT2D eigenvalue weighted by molar-refractivity contribution is 0.242. The van der Waals surface area contributed by atoms with Gasteiger partial charge in [-0.15, -0.1) is 0 Å². The molecule has 0 bridgehead atoms. The van der Waals surface area contributed by atoms with Crippen LogP contribution in [0, 0.1) is 0 Å². The minimum absolute atomic E-state index is 0.414. The maximum Gasteiger partial charge on any atom is 0.214 e. The Bertz CT molecular complexity index is 1760. The van der Waals surface area contributed by atoms with Gasteiger partial charge in [-0.2, -0.15) is 0 Å². The summed E-state index contributed by atoms with van der Waals surface area (Å²) in [6.45, 7) is 22.9. The van der Waals surface area contributed by atoms with Gasteiger partial charge in [0.05, 0.1) is 57.6 Å². The van der Waals surface area contributed by atoms with E-state index in [1.807, 2.05) is 12.1 Å². The highest BCUT2D eigenvalue weighted by Crippen LogP contribution is 2.65. The van der Waals surface area contributed by atoms with Crippen LogP contribution in [0.3, 0.4) is 0 Å². The second-order valence-electron chi connectivity index (χ2n) is 13.3. The normalized spacial score (nSPS) is 12.3. The van der Waals surface area contributed by atoms with Crippen molar-refractivity contribution in [2.75, 3.05) is 39.6 Å². The summed E-state index contributed by atoms with van der Waals surface area (Å²) in [5.41, 5.74) is 4.74. The van der Waals surface area contributed by atoms with Gasteiger partial charge in [0, 0.05) is 11.1 Å². The van der Waals surface area contributed by atoms with Crippen molar-refractivity contribution < 1.29 is 37.9 Å². The van der Waals surface area contributed by atoms with Crippen molar-refractivity contribution in [3.8, 4) is 57.1 Å². The number of fused-ring (bicyclic) bond motifs is 3. The molecule has 0 atom stereocenters. The van der Waals surface area contributed by atoms with Crippen LogP contribution >= 0.6 is 0 Å². The number of benzene rings is 4. The van der Waals surface area contributed by atoms with Crippen LogP contribution in [0.2, 0.25) is 0 Å². The summed E-state index contributed by atoms with van der Waals surface area (Å²) in [6.07, 6.45) is 7.43. The average molecular weight is 751 g/mol. The molecule has 294 valence electrons. The summed E-state index contributed by atoms with van der Waals surface area (Å²) in [6, 6.07) is 21.1. The molecular weight excluding hydrogens is 693 g/mol. The number of hydrogen-bond acceptors (Lipinski definition) is 8. The summed E-state index contributed by atoms with van der Waals surface area (Å²) < 4.78 is 52.5. The highest BCUT2D eigenvalue weighted by Gasteiger charge is 2.52. The van der Waals surface area contributed by atoms with Crippen molar-refractivity contribution in [3.63, 3.8) is 0 Å². The van der Waals surface area contributed by atoms with Gasteiger partial charge < -0.3 is 37.9 Å². The fourth-order valence-electron chi connectivity index (χ4n) is 7.11. The standard InChI is InChI=1S/C47H58O8/c1-9-25-50-39-31-37(41(52-27-11-3)45(54-29-13-5)43(39)48-15-7)47(35-23-19-17-21-33(35)34-22-18-20-24-36(34)47)38-32-40(51-26-10-2)44(49-16-8)46(55-30-14-6)42(38)53-28-12-4/h15-24,31-32H,7-14,25-30H2,1-6H3. The van der Waals surface area contributed by atoms with Crippen LogP contribution in [0.5, 0.6) is 46.0 Å². The molecule has 0 amide bonds. The molecule has 5 rings (SSSR count). The van der Waals surface area contributed by atoms with Gasteiger partial charge in [-0.05, 0) is 72.9 Å². The first-order chi connectivity index (χ1) is 27.0.